The molecule has 1 unspecified atom stereocenters. The van der Waals surface area contributed by atoms with Crippen LogP contribution < -0.4 is 5.32 Å². The van der Waals surface area contributed by atoms with Gasteiger partial charge >= 0.3 is 5.97 Å². The summed E-state index contributed by atoms with van der Waals surface area (Å²) in [6.07, 6.45) is 2.17. The van der Waals surface area contributed by atoms with Gasteiger partial charge in [-0.05, 0) is 31.2 Å². The second kappa shape index (κ2) is 9.31. The van der Waals surface area contributed by atoms with Gasteiger partial charge in [0, 0.05) is 25.6 Å². The van der Waals surface area contributed by atoms with Crippen molar-refractivity contribution in [1.82, 2.24) is 10.2 Å². The maximum Gasteiger partial charge on any atom is 0.303 e. The van der Waals surface area contributed by atoms with Crippen LogP contribution in [-0.4, -0.2) is 52.3 Å². The van der Waals surface area contributed by atoms with Crippen molar-refractivity contribution in [1.29, 1.82) is 0 Å². The zero-order valence-corrected chi connectivity index (χ0v) is 15.3. The highest BCUT2D eigenvalue weighted by Gasteiger charge is 2.26. The number of aliphatic carboxylic acids is 1. The van der Waals surface area contributed by atoms with E-state index in [0.29, 0.717) is 19.5 Å². The van der Waals surface area contributed by atoms with Crippen LogP contribution in [0.15, 0.2) is 18.2 Å². The molecule has 0 aromatic heterocycles. The summed E-state index contributed by atoms with van der Waals surface area (Å²) in [6, 6.07) is 3.90. The van der Waals surface area contributed by atoms with Crippen molar-refractivity contribution in [2.45, 2.75) is 25.7 Å². The van der Waals surface area contributed by atoms with E-state index in [9.17, 15) is 24.5 Å². The third-order valence-electron chi connectivity index (χ3n) is 4.45. The summed E-state index contributed by atoms with van der Waals surface area (Å²) < 4.78 is 0. The summed E-state index contributed by atoms with van der Waals surface area (Å²) in [5, 5.41) is 22.1. The fraction of sp³-hybridized carbons (Fsp3) is 0.471. The van der Waals surface area contributed by atoms with Crippen LogP contribution in [0.1, 0.15) is 36.0 Å². The number of benzene rings is 1. The molecule has 0 bridgehead atoms. The lowest BCUT2D eigenvalue weighted by molar-refractivity contribution is -0.385. The van der Waals surface area contributed by atoms with Crippen LogP contribution in [0.5, 0.6) is 0 Å². The fourth-order valence-corrected chi connectivity index (χ4v) is 3.36. The molecule has 1 heterocycles. The molecular weight excluding hydrogens is 378 g/mol. The molecule has 0 aliphatic carbocycles. The number of carboxylic acids is 1. The second-order valence-corrected chi connectivity index (χ2v) is 6.76. The van der Waals surface area contributed by atoms with Crippen molar-refractivity contribution in [2.24, 2.45) is 5.92 Å². The van der Waals surface area contributed by atoms with Crippen LogP contribution in [0.3, 0.4) is 0 Å². The minimum absolute atomic E-state index is 0.0552. The Morgan fingerprint density at radius 2 is 2.11 bits per heavy atom. The zero-order chi connectivity index (χ0) is 20.0. The zero-order valence-electron chi connectivity index (χ0n) is 14.5. The molecule has 1 saturated heterocycles. The summed E-state index contributed by atoms with van der Waals surface area (Å²) in [5.74, 6) is -1.87. The fourth-order valence-electron chi connectivity index (χ4n) is 3.10. The number of hydrogen-bond acceptors (Lipinski definition) is 5. The maximum absolute atomic E-state index is 12.3. The number of rotatable bonds is 7. The van der Waals surface area contributed by atoms with Crippen LogP contribution in [0, 0.1) is 16.0 Å². The van der Waals surface area contributed by atoms with E-state index in [1.807, 2.05) is 0 Å². The monoisotopic (exact) mass is 397 g/mol. The highest BCUT2D eigenvalue weighted by molar-refractivity contribution is 6.34. The average Bonchev–Trinajstić information content (AvgIpc) is 2.64. The first-order valence-corrected chi connectivity index (χ1v) is 8.88. The van der Waals surface area contributed by atoms with E-state index in [1.165, 1.54) is 18.2 Å². The highest BCUT2D eigenvalue weighted by atomic mass is 35.5. The van der Waals surface area contributed by atoms with E-state index in [4.69, 9.17) is 16.7 Å². The Morgan fingerprint density at radius 1 is 1.37 bits per heavy atom. The Morgan fingerprint density at radius 3 is 2.78 bits per heavy atom. The van der Waals surface area contributed by atoms with Crippen molar-refractivity contribution in [3.05, 3.63) is 38.9 Å². The Hall–Kier alpha value is -2.68. The van der Waals surface area contributed by atoms with Crippen LogP contribution in [0.4, 0.5) is 5.69 Å². The van der Waals surface area contributed by atoms with Crippen LogP contribution >= 0.6 is 11.6 Å². The highest BCUT2D eigenvalue weighted by Crippen LogP contribution is 2.26. The van der Waals surface area contributed by atoms with Gasteiger partial charge in [-0.25, -0.2) is 0 Å². The summed E-state index contributed by atoms with van der Waals surface area (Å²) >= 11 is 5.90. The minimum atomic E-state index is -0.868. The first-order chi connectivity index (χ1) is 12.8. The molecule has 1 aliphatic rings. The van der Waals surface area contributed by atoms with Crippen molar-refractivity contribution in [2.75, 3.05) is 19.6 Å². The maximum atomic E-state index is 12.3. The summed E-state index contributed by atoms with van der Waals surface area (Å²) in [6.45, 7) is 0.658. The van der Waals surface area contributed by atoms with Crippen molar-refractivity contribution >= 4 is 35.1 Å². The predicted octanol–water partition coefficient (Wildman–Crippen LogP) is 2.08. The number of carbonyl (C=O) groups excluding carboxylic acids is 2. The number of likely N-dealkylation sites (tertiary alicyclic amines) is 1. The van der Waals surface area contributed by atoms with Crippen LogP contribution in [0.25, 0.3) is 0 Å². The molecule has 0 saturated carbocycles. The number of carboxylic acid groups (broad SMARTS) is 1. The van der Waals surface area contributed by atoms with Gasteiger partial charge in [-0.2, -0.15) is 0 Å². The molecule has 2 N–H and O–H groups in total. The van der Waals surface area contributed by atoms with Gasteiger partial charge in [0.2, 0.25) is 5.91 Å². The topological polar surface area (TPSA) is 130 Å². The predicted molar refractivity (Wildman–Crippen MR) is 96.6 cm³/mol. The number of halogens is 1. The molecular formula is C17H20ClN3O6. The largest absolute Gasteiger partial charge is 0.481 e. The molecule has 2 rings (SSSR count). The molecule has 0 radical (unpaired) electrons. The van der Waals surface area contributed by atoms with Crippen LogP contribution in [-0.2, 0) is 9.59 Å². The molecule has 1 aromatic rings. The van der Waals surface area contributed by atoms with Gasteiger partial charge in [-0.15, -0.1) is 0 Å². The Labute approximate surface area is 160 Å². The number of piperidine rings is 1. The van der Waals surface area contributed by atoms with Gasteiger partial charge in [0.05, 0.1) is 16.5 Å². The third kappa shape index (κ3) is 5.65. The Balaban J connectivity index is 1.94. The van der Waals surface area contributed by atoms with Crippen molar-refractivity contribution in [3.63, 3.8) is 0 Å². The SMILES string of the molecule is O=C(O)CCC1CCCN(C(=O)CNC(=O)c2c(Cl)cccc2[N+](=O)[O-])C1. The lowest BCUT2D eigenvalue weighted by Gasteiger charge is -2.32. The number of nitro benzene ring substituents is 1. The van der Waals surface area contributed by atoms with Gasteiger partial charge in [0.1, 0.15) is 5.56 Å². The lowest BCUT2D eigenvalue weighted by atomic mass is 9.93. The number of nitrogens with one attached hydrogen (secondary N) is 1. The summed E-state index contributed by atoms with van der Waals surface area (Å²) in [4.78, 5) is 47.3. The molecule has 1 fully saturated rings. The molecule has 9 nitrogen and oxygen atoms in total. The molecule has 0 spiro atoms. The third-order valence-corrected chi connectivity index (χ3v) is 4.77. The first-order valence-electron chi connectivity index (χ1n) is 8.50. The van der Waals surface area contributed by atoms with Crippen molar-refractivity contribution in [3.8, 4) is 0 Å². The number of hydrogen-bond donors (Lipinski definition) is 2. The number of carbonyl (C=O) groups is 3. The van der Waals surface area contributed by atoms with Gasteiger partial charge in [0.25, 0.3) is 11.6 Å². The molecule has 2 amide bonds. The lowest BCUT2D eigenvalue weighted by Crippen LogP contribution is -2.45. The van der Waals surface area contributed by atoms with Gasteiger partial charge < -0.3 is 15.3 Å². The molecule has 10 heteroatoms. The molecule has 146 valence electrons. The van der Waals surface area contributed by atoms with E-state index in [2.05, 4.69) is 5.32 Å². The quantitative estimate of drug-likeness (QED) is 0.535. The Kier molecular flexibility index (Phi) is 7.12. The Bertz CT molecular complexity index is 754. The first kappa shape index (κ1) is 20.6. The smallest absolute Gasteiger partial charge is 0.303 e. The summed E-state index contributed by atoms with van der Waals surface area (Å²) in [7, 11) is 0. The average molecular weight is 398 g/mol. The van der Waals surface area contributed by atoms with E-state index < -0.39 is 22.5 Å². The number of nitro groups is 1. The number of nitrogens with zero attached hydrogens (tertiary/aromatic N) is 2. The van der Waals surface area contributed by atoms with Gasteiger partial charge in [-0.1, -0.05) is 17.7 Å². The molecule has 1 atom stereocenters. The standard InChI is InChI=1S/C17H20ClN3O6/c18-12-4-1-5-13(21(26)27)16(12)17(25)19-9-14(22)20-8-2-3-11(10-20)6-7-15(23)24/h1,4-5,11H,2-3,6-10H2,(H,19,25)(H,23,24). The summed E-state index contributed by atoms with van der Waals surface area (Å²) in [5.41, 5.74) is -0.714. The molecule has 1 aliphatic heterocycles. The van der Waals surface area contributed by atoms with Crippen molar-refractivity contribution < 1.29 is 24.4 Å². The van der Waals surface area contributed by atoms with Crippen LogP contribution in [0.2, 0.25) is 5.02 Å². The molecule has 27 heavy (non-hydrogen) atoms. The molecule has 1 aromatic carbocycles. The number of amides is 2. The van der Waals surface area contributed by atoms with Gasteiger partial charge in [0.15, 0.2) is 0 Å². The van der Waals surface area contributed by atoms with Gasteiger partial charge in [-0.3, -0.25) is 24.5 Å². The van der Waals surface area contributed by atoms with E-state index >= 15 is 0 Å². The normalized spacial score (nSPS) is 16.6. The second-order valence-electron chi connectivity index (χ2n) is 6.35. The van der Waals surface area contributed by atoms with E-state index in [0.717, 1.165) is 12.8 Å². The van der Waals surface area contributed by atoms with E-state index in [1.54, 1.807) is 4.90 Å². The van der Waals surface area contributed by atoms with E-state index in [-0.39, 0.29) is 35.4 Å². The minimum Gasteiger partial charge on any atom is -0.481 e.